The van der Waals surface area contributed by atoms with Crippen LogP contribution in [0.5, 0.6) is 0 Å². The molecular formula is C17H30N2O3S2. The zero-order valence-corrected chi connectivity index (χ0v) is 17.1. The largest absolute Gasteiger partial charge is 0.299 e. The number of sulfonamides is 1. The zero-order chi connectivity index (χ0) is 18.5. The molecule has 5 nitrogen and oxygen atoms in total. The van der Waals surface area contributed by atoms with E-state index in [9.17, 15) is 12.6 Å². The minimum atomic E-state index is -3.30. The van der Waals surface area contributed by atoms with Gasteiger partial charge in [0.15, 0.2) is 0 Å². The summed E-state index contributed by atoms with van der Waals surface area (Å²) < 4.78 is 37.6. The van der Waals surface area contributed by atoms with E-state index in [1.54, 1.807) is 18.2 Å². The molecule has 0 aliphatic heterocycles. The van der Waals surface area contributed by atoms with Crippen molar-refractivity contribution in [1.29, 1.82) is 0 Å². The van der Waals surface area contributed by atoms with Gasteiger partial charge in [-0.25, -0.2) is 8.42 Å². The normalized spacial score (nSPS) is 13.7. The van der Waals surface area contributed by atoms with Gasteiger partial charge in [0, 0.05) is 22.7 Å². The van der Waals surface area contributed by atoms with Crippen LogP contribution in [0.4, 0.5) is 5.69 Å². The Kier molecular flexibility index (Phi) is 7.89. The van der Waals surface area contributed by atoms with Crippen LogP contribution in [0.1, 0.15) is 39.7 Å². The average molecular weight is 375 g/mol. The van der Waals surface area contributed by atoms with Crippen LogP contribution in [0.15, 0.2) is 23.1 Å². The third-order valence-corrected chi connectivity index (χ3v) is 5.86. The maximum atomic E-state index is 12.5. The Morgan fingerprint density at radius 2 is 1.75 bits per heavy atom. The van der Waals surface area contributed by atoms with Gasteiger partial charge >= 0.3 is 0 Å². The molecule has 0 aliphatic rings. The van der Waals surface area contributed by atoms with Crippen LogP contribution >= 0.6 is 0 Å². The Bertz CT molecular complexity index is 662. The summed E-state index contributed by atoms with van der Waals surface area (Å²) in [5, 5.41) is 0. The van der Waals surface area contributed by atoms with E-state index in [0.717, 1.165) is 29.7 Å². The summed E-state index contributed by atoms with van der Waals surface area (Å²) in [6, 6.07) is 6.16. The highest BCUT2D eigenvalue weighted by atomic mass is 32.2. The fourth-order valence-electron chi connectivity index (χ4n) is 2.70. The lowest BCUT2D eigenvalue weighted by atomic mass is 10.2. The Labute approximate surface area is 149 Å². The molecular weight excluding hydrogens is 344 g/mol. The molecule has 0 amide bonds. The highest BCUT2D eigenvalue weighted by molar-refractivity contribution is 7.92. The number of benzene rings is 1. The fraction of sp³-hybridized carbons (Fsp3) is 0.647. The first-order valence-electron chi connectivity index (χ1n) is 8.24. The smallest absolute Gasteiger partial charge is 0.229 e. The molecule has 0 aliphatic carbocycles. The van der Waals surface area contributed by atoms with Crippen LogP contribution in [0.3, 0.4) is 0 Å². The highest BCUT2D eigenvalue weighted by Crippen LogP contribution is 2.20. The van der Waals surface area contributed by atoms with Gasteiger partial charge in [-0.2, -0.15) is 0 Å². The van der Waals surface area contributed by atoms with Gasteiger partial charge in [0.1, 0.15) is 0 Å². The predicted octanol–water partition coefficient (Wildman–Crippen LogP) is 2.98. The highest BCUT2D eigenvalue weighted by Gasteiger charge is 2.14. The molecule has 0 spiro atoms. The van der Waals surface area contributed by atoms with Crippen molar-refractivity contribution in [3.8, 4) is 0 Å². The lowest BCUT2D eigenvalue weighted by Gasteiger charge is -2.30. The van der Waals surface area contributed by atoms with Crippen LogP contribution in [-0.2, 0) is 20.8 Å². The monoisotopic (exact) mass is 374 g/mol. The number of anilines is 1. The second kappa shape index (κ2) is 8.97. The van der Waals surface area contributed by atoms with E-state index < -0.39 is 20.8 Å². The van der Waals surface area contributed by atoms with Gasteiger partial charge in [-0.3, -0.25) is 13.8 Å². The van der Waals surface area contributed by atoms with Crippen LogP contribution in [0.2, 0.25) is 0 Å². The summed E-state index contributed by atoms with van der Waals surface area (Å²) in [5.74, 6) is 0.605. The van der Waals surface area contributed by atoms with Gasteiger partial charge in [0.05, 0.1) is 22.7 Å². The Hall–Kier alpha value is -0.920. The molecule has 0 saturated heterocycles. The van der Waals surface area contributed by atoms with E-state index in [-0.39, 0.29) is 0 Å². The van der Waals surface area contributed by atoms with Crippen molar-refractivity contribution in [3.63, 3.8) is 0 Å². The second-order valence-corrected chi connectivity index (χ2v) is 10.00. The van der Waals surface area contributed by atoms with Gasteiger partial charge in [-0.1, -0.05) is 0 Å². The molecule has 1 aromatic rings. The third kappa shape index (κ3) is 6.91. The van der Waals surface area contributed by atoms with E-state index in [2.05, 4.69) is 37.3 Å². The van der Waals surface area contributed by atoms with Crippen molar-refractivity contribution in [2.75, 3.05) is 23.3 Å². The number of rotatable bonds is 9. The maximum Gasteiger partial charge on any atom is 0.229 e. The molecule has 0 fully saturated rings. The molecule has 1 atom stereocenters. The van der Waals surface area contributed by atoms with Crippen LogP contribution in [-0.4, -0.2) is 48.2 Å². The van der Waals surface area contributed by atoms with E-state index in [1.165, 1.54) is 0 Å². The van der Waals surface area contributed by atoms with Crippen LogP contribution in [0.25, 0.3) is 0 Å². The van der Waals surface area contributed by atoms with Gasteiger partial charge in [-0.15, -0.1) is 0 Å². The number of nitrogens with zero attached hydrogens (tertiary/aromatic N) is 1. The first-order chi connectivity index (χ1) is 11.0. The lowest BCUT2D eigenvalue weighted by molar-refractivity contribution is 0.176. The Morgan fingerprint density at radius 1 is 1.17 bits per heavy atom. The molecule has 7 heteroatoms. The van der Waals surface area contributed by atoms with Gasteiger partial charge in [0.2, 0.25) is 10.0 Å². The van der Waals surface area contributed by atoms with Crippen molar-refractivity contribution >= 4 is 26.5 Å². The Morgan fingerprint density at radius 3 is 2.21 bits per heavy atom. The quantitative estimate of drug-likeness (QED) is 0.722. The molecule has 1 rings (SSSR count). The van der Waals surface area contributed by atoms with E-state index in [0.29, 0.717) is 23.5 Å². The maximum absolute atomic E-state index is 12.5. The van der Waals surface area contributed by atoms with E-state index >= 15 is 0 Å². The van der Waals surface area contributed by atoms with Gasteiger partial charge in [0.25, 0.3) is 0 Å². The standard InChI is InChI=1S/C17H30N2O3S2/c1-13(2)19(14(3)4)10-7-11-23(20)16-8-9-17(15(5)12-16)18-24(6,21)22/h8-9,12-14,18H,7,10-11H2,1-6H3. The number of hydrogen-bond donors (Lipinski definition) is 1. The lowest BCUT2D eigenvalue weighted by Crippen LogP contribution is -2.38. The summed E-state index contributed by atoms with van der Waals surface area (Å²) in [4.78, 5) is 3.13. The number of aryl methyl sites for hydroxylation is 1. The van der Waals surface area contributed by atoms with Crippen molar-refractivity contribution in [2.24, 2.45) is 0 Å². The van der Waals surface area contributed by atoms with Crippen LogP contribution < -0.4 is 4.72 Å². The fourth-order valence-corrected chi connectivity index (χ4v) is 4.48. The summed E-state index contributed by atoms with van der Waals surface area (Å²) in [5.41, 5.74) is 1.31. The van der Waals surface area contributed by atoms with Crippen LogP contribution in [0, 0.1) is 6.92 Å². The number of nitrogens with one attached hydrogen (secondary N) is 1. The molecule has 24 heavy (non-hydrogen) atoms. The van der Waals surface area contributed by atoms with E-state index in [1.807, 2.05) is 6.92 Å². The van der Waals surface area contributed by atoms with E-state index in [4.69, 9.17) is 0 Å². The minimum absolute atomic E-state index is 0.474. The molecule has 0 bridgehead atoms. The topological polar surface area (TPSA) is 66.5 Å². The zero-order valence-electron chi connectivity index (χ0n) is 15.5. The molecule has 0 aromatic heterocycles. The Balaban J connectivity index is 2.67. The molecule has 0 saturated carbocycles. The summed E-state index contributed by atoms with van der Waals surface area (Å²) in [7, 11) is -4.38. The van der Waals surface area contributed by atoms with Crippen molar-refractivity contribution < 1.29 is 12.6 Å². The van der Waals surface area contributed by atoms with Gasteiger partial charge < -0.3 is 0 Å². The van der Waals surface area contributed by atoms with Crippen molar-refractivity contribution in [2.45, 2.75) is 58.0 Å². The SMILES string of the molecule is Cc1cc(S(=O)CCCN(C(C)C)C(C)C)ccc1NS(C)(=O)=O. The molecule has 138 valence electrons. The average Bonchev–Trinajstić information content (AvgIpc) is 2.43. The molecule has 1 aromatic carbocycles. The first kappa shape index (κ1) is 21.1. The summed E-state index contributed by atoms with van der Waals surface area (Å²) >= 11 is 0. The van der Waals surface area contributed by atoms with Gasteiger partial charge in [-0.05, 0) is 71.3 Å². The van der Waals surface area contributed by atoms with Crippen molar-refractivity contribution in [1.82, 2.24) is 4.90 Å². The summed E-state index contributed by atoms with van der Waals surface area (Å²) in [6.45, 7) is 11.4. The minimum Gasteiger partial charge on any atom is -0.299 e. The second-order valence-electron chi connectivity index (χ2n) is 6.68. The molecule has 0 heterocycles. The molecule has 0 radical (unpaired) electrons. The summed E-state index contributed by atoms with van der Waals surface area (Å²) in [6.07, 6.45) is 1.99. The third-order valence-electron chi connectivity index (χ3n) is 3.83. The number of hydrogen-bond acceptors (Lipinski definition) is 4. The predicted molar refractivity (Wildman–Crippen MR) is 103 cm³/mol. The van der Waals surface area contributed by atoms with Crippen molar-refractivity contribution in [3.05, 3.63) is 23.8 Å². The molecule has 1 unspecified atom stereocenters. The first-order valence-corrected chi connectivity index (χ1v) is 11.4. The molecule has 1 N–H and O–H groups in total.